The Bertz CT molecular complexity index is 11.6. The van der Waals surface area contributed by atoms with Crippen molar-refractivity contribution in [3.8, 4) is 0 Å². The van der Waals surface area contributed by atoms with Gasteiger partial charge in [0.1, 0.15) is 0 Å². The Balaban J connectivity index is 0. The molecule has 0 aromatic heterocycles. The van der Waals surface area contributed by atoms with E-state index in [1.165, 1.54) is 0 Å². The van der Waals surface area contributed by atoms with Crippen LogP contribution in [-0.2, 0) is 0 Å². The molecule has 0 heterocycles. The normalized spacial score (nSPS) is 7.20. The van der Waals surface area contributed by atoms with Gasteiger partial charge in [0.2, 0.25) is 0 Å². The number of hydrogen-bond acceptors (Lipinski definition) is 1. The van der Waals surface area contributed by atoms with E-state index in [1.807, 2.05) is 0 Å². The quantitative estimate of drug-likeness (QED) is 0.490. The third kappa shape index (κ3) is 60.9. The molecular weight excluding hydrogens is 174 g/mol. The summed E-state index contributed by atoms with van der Waals surface area (Å²) in [6, 6.07) is 0. The second kappa shape index (κ2) is 4.78. The fraction of sp³-hybridized carbons (Fsp3) is 1.00. The fourth-order valence-electron chi connectivity index (χ4n) is 0. The molecule has 0 amide bonds. The van der Waals surface area contributed by atoms with Gasteiger partial charge in [-0.1, -0.05) is 0 Å². The number of hydrogen-bond donors (Lipinski definition) is 1. The average molecular weight is 185 g/mol. The van der Waals surface area contributed by atoms with Crippen LogP contribution < -0.4 is 0 Å². The first-order valence-electron chi connectivity index (χ1n) is 1.41. The molecule has 5 heavy (non-hydrogen) atoms. The second-order valence-electron chi connectivity index (χ2n) is 1.09. The van der Waals surface area contributed by atoms with Gasteiger partial charge >= 0.3 is 24.4 Å². The Morgan fingerprint density at radius 2 is 1.40 bits per heavy atom. The molecule has 1 N–H and O–H groups in total. The predicted molar refractivity (Wildman–Crippen MR) is 27.3 cm³/mol. The Morgan fingerprint density at radius 1 is 1.40 bits per heavy atom. The third-order valence-electron chi connectivity index (χ3n) is 0. The molecule has 1 nitrogen and oxygen atoms in total. The zero-order valence-corrected chi connectivity index (χ0v) is 7.77. The molecule has 0 bridgehead atoms. The first-order chi connectivity index (χ1) is 1.73. The van der Waals surface area contributed by atoms with E-state index in [0.717, 1.165) is 0 Å². The number of aliphatic hydroxyl groups excluding tert-OH is 1. The topological polar surface area (TPSA) is 20.2 Å². The maximum absolute atomic E-state index is 8.06. The summed E-state index contributed by atoms with van der Waals surface area (Å²) in [7, 11) is 0. The van der Waals surface area contributed by atoms with Gasteiger partial charge in [0.25, 0.3) is 0 Å². The summed E-state index contributed by atoms with van der Waals surface area (Å²) in [6.45, 7) is 3.44. The van der Waals surface area contributed by atoms with Crippen LogP contribution in [0, 0.1) is 0 Å². The Morgan fingerprint density at radius 3 is 1.40 bits per heavy atom. The van der Waals surface area contributed by atoms with Gasteiger partial charge < -0.3 is 5.11 Å². The van der Waals surface area contributed by atoms with E-state index >= 15 is 0 Å². The molecule has 0 aliphatic carbocycles. The second-order valence-corrected chi connectivity index (χ2v) is 1.09. The minimum atomic E-state index is -0.167. The Labute approximate surface area is 49.8 Å². The molecule has 0 aromatic carbocycles. The van der Waals surface area contributed by atoms with Crippen LogP contribution in [-0.4, -0.2) is 35.6 Å². The van der Waals surface area contributed by atoms with Crippen LogP contribution in [0.4, 0.5) is 0 Å². The molecule has 0 radical (unpaired) electrons. The SMILES string of the molecule is CC(C)O.[SbH3]. The first kappa shape index (κ1) is 9.24. The van der Waals surface area contributed by atoms with Crippen molar-refractivity contribution < 1.29 is 5.11 Å². The molecular formula is C3H11OSb. The van der Waals surface area contributed by atoms with Gasteiger partial charge in [0.15, 0.2) is 0 Å². The van der Waals surface area contributed by atoms with Crippen LogP contribution in [0.1, 0.15) is 13.8 Å². The van der Waals surface area contributed by atoms with Crippen molar-refractivity contribution in [1.82, 2.24) is 0 Å². The van der Waals surface area contributed by atoms with Gasteiger partial charge in [-0.05, 0) is 13.8 Å². The van der Waals surface area contributed by atoms with E-state index in [9.17, 15) is 0 Å². The van der Waals surface area contributed by atoms with Crippen LogP contribution in [0.5, 0.6) is 0 Å². The molecule has 0 saturated carbocycles. The van der Waals surface area contributed by atoms with Crippen LogP contribution in [0.15, 0.2) is 0 Å². The standard InChI is InChI=1S/C3H8O.Sb.3H/c1-3(2)4;;;;/h3-4H,1-2H3;;;;. The van der Waals surface area contributed by atoms with E-state index in [1.54, 1.807) is 13.8 Å². The molecule has 0 saturated heterocycles. The zero-order chi connectivity index (χ0) is 3.58. The summed E-state index contributed by atoms with van der Waals surface area (Å²) in [5, 5.41) is 8.06. The zero-order valence-electron chi connectivity index (χ0n) is 3.73. The van der Waals surface area contributed by atoms with Crippen molar-refractivity contribution in [1.29, 1.82) is 0 Å². The Hall–Kier alpha value is 0.778. The van der Waals surface area contributed by atoms with E-state index in [2.05, 4.69) is 0 Å². The fourth-order valence-corrected chi connectivity index (χ4v) is 0. The summed E-state index contributed by atoms with van der Waals surface area (Å²) in [5.41, 5.74) is 0. The van der Waals surface area contributed by atoms with Crippen molar-refractivity contribution in [3.63, 3.8) is 0 Å². The summed E-state index contributed by atoms with van der Waals surface area (Å²) in [5.74, 6) is 0. The van der Waals surface area contributed by atoms with Gasteiger partial charge in [0, 0.05) is 6.10 Å². The first-order valence-corrected chi connectivity index (χ1v) is 1.41. The monoisotopic (exact) mass is 184 g/mol. The van der Waals surface area contributed by atoms with Crippen molar-refractivity contribution in [2.24, 2.45) is 0 Å². The molecule has 2 heteroatoms. The molecule has 0 spiro atoms. The predicted octanol–water partition coefficient (Wildman–Crippen LogP) is -0.797. The molecule has 0 rings (SSSR count). The molecule has 0 unspecified atom stereocenters. The van der Waals surface area contributed by atoms with Gasteiger partial charge in [0.05, 0.1) is 0 Å². The van der Waals surface area contributed by atoms with Crippen LogP contribution in [0.2, 0.25) is 0 Å². The number of aliphatic hydroxyl groups is 1. The summed E-state index contributed by atoms with van der Waals surface area (Å²) in [4.78, 5) is 0. The van der Waals surface area contributed by atoms with Crippen LogP contribution in [0.3, 0.4) is 0 Å². The van der Waals surface area contributed by atoms with Crippen LogP contribution >= 0.6 is 0 Å². The summed E-state index contributed by atoms with van der Waals surface area (Å²) < 4.78 is 0. The van der Waals surface area contributed by atoms with E-state index in [0.29, 0.717) is 0 Å². The summed E-state index contributed by atoms with van der Waals surface area (Å²) >= 11 is 0. The van der Waals surface area contributed by atoms with Gasteiger partial charge in [-0.15, -0.1) is 0 Å². The van der Waals surface area contributed by atoms with Crippen molar-refractivity contribution in [3.05, 3.63) is 0 Å². The van der Waals surface area contributed by atoms with Crippen molar-refractivity contribution in [2.75, 3.05) is 0 Å². The summed E-state index contributed by atoms with van der Waals surface area (Å²) in [6.07, 6.45) is -0.167. The van der Waals surface area contributed by atoms with E-state index in [4.69, 9.17) is 5.11 Å². The number of rotatable bonds is 0. The molecule has 0 aliphatic heterocycles. The molecule has 0 fully saturated rings. The van der Waals surface area contributed by atoms with Crippen LogP contribution in [0.25, 0.3) is 0 Å². The average Bonchev–Trinajstić information content (AvgIpc) is 0.811. The minimum absolute atomic E-state index is 0. The molecule has 34 valence electrons. The molecule has 0 aliphatic rings. The van der Waals surface area contributed by atoms with E-state index in [-0.39, 0.29) is 30.5 Å². The molecule has 0 atom stereocenters. The Kier molecular flexibility index (Phi) is 8.83. The van der Waals surface area contributed by atoms with Crippen molar-refractivity contribution in [2.45, 2.75) is 20.0 Å². The van der Waals surface area contributed by atoms with E-state index < -0.39 is 0 Å². The van der Waals surface area contributed by atoms with Gasteiger partial charge in [-0.3, -0.25) is 0 Å². The maximum atomic E-state index is 8.06. The van der Waals surface area contributed by atoms with Crippen molar-refractivity contribution >= 4 is 24.4 Å². The van der Waals surface area contributed by atoms with Gasteiger partial charge in [-0.2, -0.15) is 0 Å². The van der Waals surface area contributed by atoms with Gasteiger partial charge in [-0.25, -0.2) is 0 Å². The molecule has 0 aromatic rings. The third-order valence-corrected chi connectivity index (χ3v) is 0.